The largest absolute Gasteiger partial charge is 0.399 e. The van der Waals surface area contributed by atoms with E-state index in [9.17, 15) is 9.18 Å². The lowest BCUT2D eigenvalue weighted by Gasteiger charge is -2.14. The second-order valence-electron chi connectivity index (χ2n) is 4.35. The number of anilines is 1. The van der Waals surface area contributed by atoms with E-state index in [1.165, 1.54) is 18.2 Å². The molecule has 0 aliphatic carbocycles. The standard InChI is InChI=1S/C15H15FN2O/c1-10(11-5-3-2-4-6-11)18-15(19)13-9-12(17)7-8-14(13)16/h2-10H,17H2,1H3,(H,18,19). The maximum absolute atomic E-state index is 13.6. The molecular formula is C15H15FN2O. The summed E-state index contributed by atoms with van der Waals surface area (Å²) >= 11 is 0. The van der Waals surface area contributed by atoms with E-state index in [0.29, 0.717) is 5.69 Å². The monoisotopic (exact) mass is 258 g/mol. The zero-order valence-electron chi connectivity index (χ0n) is 10.6. The number of hydrogen-bond donors (Lipinski definition) is 2. The molecule has 98 valence electrons. The molecule has 3 N–H and O–H groups in total. The maximum Gasteiger partial charge on any atom is 0.254 e. The van der Waals surface area contributed by atoms with Gasteiger partial charge in [-0.1, -0.05) is 30.3 Å². The van der Waals surface area contributed by atoms with Crippen molar-refractivity contribution in [1.82, 2.24) is 5.32 Å². The lowest BCUT2D eigenvalue weighted by atomic mass is 10.1. The molecule has 2 rings (SSSR count). The van der Waals surface area contributed by atoms with E-state index >= 15 is 0 Å². The van der Waals surface area contributed by atoms with Crippen LogP contribution in [0.4, 0.5) is 10.1 Å². The number of carbonyl (C=O) groups is 1. The number of nitrogen functional groups attached to an aromatic ring is 1. The lowest BCUT2D eigenvalue weighted by molar-refractivity contribution is 0.0936. The van der Waals surface area contributed by atoms with E-state index < -0.39 is 11.7 Å². The van der Waals surface area contributed by atoms with Crippen molar-refractivity contribution in [3.63, 3.8) is 0 Å². The first-order valence-corrected chi connectivity index (χ1v) is 5.99. The summed E-state index contributed by atoms with van der Waals surface area (Å²) in [5.74, 6) is -1.05. The average Bonchev–Trinajstić information content (AvgIpc) is 2.42. The number of halogens is 1. The molecule has 2 aromatic carbocycles. The van der Waals surface area contributed by atoms with Crippen molar-refractivity contribution < 1.29 is 9.18 Å². The van der Waals surface area contributed by atoms with Crippen LogP contribution in [0.25, 0.3) is 0 Å². The molecule has 19 heavy (non-hydrogen) atoms. The van der Waals surface area contributed by atoms with Gasteiger partial charge in [-0.25, -0.2) is 4.39 Å². The highest BCUT2D eigenvalue weighted by atomic mass is 19.1. The van der Waals surface area contributed by atoms with Gasteiger partial charge in [0.2, 0.25) is 0 Å². The number of nitrogens with one attached hydrogen (secondary N) is 1. The molecule has 0 spiro atoms. The molecule has 4 heteroatoms. The molecule has 1 amide bonds. The number of rotatable bonds is 3. The van der Waals surface area contributed by atoms with Crippen LogP contribution in [0.1, 0.15) is 28.9 Å². The molecule has 0 radical (unpaired) electrons. The van der Waals surface area contributed by atoms with E-state index in [1.54, 1.807) is 0 Å². The van der Waals surface area contributed by atoms with E-state index in [-0.39, 0.29) is 11.6 Å². The molecule has 1 atom stereocenters. The van der Waals surface area contributed by atoms with Gasteiger partial charge >= 0.3 is 0 Å². The molecular weight excluding hydrogens is 243 g/mol. The Hall–Kier alpha value is -2.36. The van der Waals surface area contributed by atoms with Gasteiger partial charge in [0.05, 0.1) is 11.6 Å². The number of amides is 1. The molecule has 1 unspecified atom stereocenters. The fraction of sp³-hybridized carbons (Fsp3) is 0.133. The summed E-state index contributed by atoms with van der Waals surface area (Å²) in [6.45, 7) is 1.84. The Morgan fingerprint density at radius 2 is 1.89 bits per heavy atom. The van der Waals surface area contributed by atoms with Crippen LogP contribution in [0.3, 0.4) is 0 Å². The van der Waals surface area contributed by atoms with E-state index in [1.807, 2.05) is 37.3 Å². The van der Waals surface area contributed by atoms with Gasteiger partial charge in [0, 0.05) is 5.69 Å². The number of benzene rings is 2. The molecule has 0 saturated carbocycles. The minimum atomic E-state index is -0.577. The quantitative estimate of drug-likeness (QED) is 0.832. The Labute approximate surface area is 111 Å². The van der Waals surface area contributed by atoms with Gasteiger partial charge in [0.1, 0.15) is 5.82 Å². The van der Waals surface area contributed by atoms with Crippen LogP contribution in [0.5, 0.6) is 0 Å². The third kappa shape index (κ3) is 3.10. The van der Waals surface area contributed by atoms with Crippen LogP contribution in [-0.2, 0) is 0 Å². The highest BCUT2D eigenvalue weighted by Crippen LogP contribution is 2.15. The van der Waals surface area contributed by atoms with Gasteiger partial charge in [-0.2, -0.15) is 0 Å². The minimum Gasteiger partial charge on any atom is -0.399 e. The number of nitrogens with two attached hydrogens (primary N) is 1. The molecule has 2 aromatic rings. The second kappa shape index (κ2) is 5.52. The lowest BCUT2D eigenvalue weighted by Crippen LogP contribution is -2.27. The third-order valence-corrected chi connectivity index (χ3v) is 2.88. The first-order chi connectivity index (χ1) is 9.08. The summed E-state index contributed by atoms with van der Waals surface area (Å²) in [7, 11) is 0. The van der Waals surface area contributed by atoms with Gasteiger partial charge < -0.3 is 11.1 Å². The first-order valence-electron chi connectivity index (χ1n) is 5.99. The Morgan fingerprint density at radius 1 is 1.21 bits per heavy atom. The van der Waals surface area contributed by atoms with Gasteiger partial charge in [-0.3, -0.25) is 4.79 Å². The average molecular weight is 258 g/mol. The smallest absolute Gasteiger partial charge is 0.254 e. The van der Waals surface area contributed by atoms with Crippen LogP contribution < -0.4 is 11.1 Å². The molecule has 0 heterocycles. The Bertz CT molecular complexity index is 584. The summed E-state index contributed by atoms with van der Waals surface area (Å²) in [6.07, 6.45) is 0. The number of carbonyl (C=O) groups excluding carboxylic acids is 1. The van der Waals surface area contributed by atoms with Crippen LogP contribution >= 0.6 is 0 Å². The SMILES string of the molecule is CC(NC(=O)c1cc(N)ccc1F)c1ccccc1. The van der Waals surface area contributed by atoms with Gasteiger partial charge in [-0.15, -0.1) is 0 Å². The highest BCUT2D eigenvalue weighted by Gasteiger charge is 2.15. The van der Waals surface area contributed by atoms with Crippen molar-refractivity contribution >= 4 is 11.6 Å². The third-order valence-electron chi connectivity index (χ3n) is 2.88. The molecule has 0 aliphatic heterocycles. The maximum atomic E-state index is 13.6. The number of hydrogen-bond acceptors (Lipinski definition) is 2. The van der Waals surface area contributed by atoms with Gasteiger partial charge in [-0.05, 0) is 30.7 Å². The molecule has 0 aromatic heterocycles. The molecule has 0 fully saturated rings. The Balaban J connectivity index is 2.15. The highest BCUT2D eigenvalue weighted by molar-refractivity contribution is 5.95. The van der Waals surface area contributed by atoms with Gasteiger partial charge in [0.15, 0.2) is 0 Å². The molecule has 0 saturated heterocycles. The summed E-state index contributed by atoms with van der Waals surface area (Å²) in [4.78, 5) is 12.0. The van der Waals surface area contributed by atoms with Crippen LogP contribution in [0, 0.1) is 5.82 Å². The Morgan fingerprint density at radius 3 is 2.58 bits per heavy atom. The predicted octanol–water partition coefficient (Wildman–Crippen LogP) is 2.90. The van der Waals surface area contributed by atoms with Gasteiger partial charge in [0.25, 0.3) is 5.91 Å². The summed E-state index contributed by atoms with van der Waals surface area (Å²) < 4.78 is 13.6. The van der Waals surface area contributed by atoms with E-state index in [0.717, 1.165) is 5.56 Å². The van der Waals surface area contributed by atoms with Crippen LogP contribution in [-0.4, -0.2) is 5.91 Å². The summed E-state index contributed by atoms with van der Waals surface area (Å²) in [5, 5.41) is 2.75. The molecule has 3 nitrogen and oxygen atoms in total. The first kappa shape index (κ1) is 13.1. The Kier molecular flexibility index (Phi) is 3.80. The van der Waals surface area contributed by atoms with Crippen molar-refractivity contribution in [2.75, 3.05) is 5.73 Å². The van der Waals surface area contributed by atoms with Crippen molar-refractivity contribution in [2.24, 2.45) is 0 Å². The zero-order chi connectivity index (χ0) is 13.8. The van der Waals surface area contributed by atoms with Crippen molar-refractivity contribution in [2.45, 2.75) is 13.0 Å². The zero-order valence-corrected chi connectivity index (χ0v) is 10.6. The topological polar surface area (TPSA) is 55.1 Å². The summed E-state index contributed by atoms with van der Waals surface area (Å²) in [6, 6.07) is 13.2. The van der Waals surface area contributed by atoms with E-state index in [4.69, 9.17) is 5.73 Å². The van der Waals surface area contributed by atoms with Crippen LogP contribution in [0.2, 0.25) is 0 Å². The minimum absolute atomic E-state index is 0.0391. The van der Waals surface area contributed by atoms with Crippen molar-refractivity contribution in [3.8, 4) is 0 Å². The predicted molar refractivity (Wildman–Crippen MR) is 73.1 cm³/mol. The normalized spacial score (nSPS) is 11.9. The van der Waals surface area contributed by atoms with E-state index in [2.05, 4.69) is 5.32 Å². The van der Waals surface area contributed by atoms with Crippen molar-refractivity contribution in [1.29, 1.82) is 0 Å². The fourth-order valence-corrected chi connectivity index (χ4v) is 1.82. The van der Waals surface area contributed by atoms with Crippen molar-refractivity contribution in [3.05, 3.63) is 65.5 Å². The molecule has 0 bridgehead atoms. The molecule has 0 aliphatic rings. The fourth-order valence-electron chi connectivity index (χ4n) is 1.82. The summed E-state index contributed by atoms with van der Waals surface area (Å²) in [5.41, 5.74) is 6.84. The second-order valence-corrected chi connectivity index (χ2v) is 4.35. The van der Waals surface area contributed by atoms with Crippen LogP contribution in [0.15, 0.2) is 48.5 Å².